The Hall–Kier alpha value is -3.78. The van der Waals surface area contributed by atoms with Crippen molar-refractivity contribution < 1.29 is 29.4 Å². The third-order valence-electron chi connectivity index (χ3n) is 5.06. The van der Waals surface area contributed by atoms with Crippen molar-refractivity contribution in [3.8, 4) is 0 Å². The van der Waals surface area contributed by atoms with Crippen LogP contribution in [0.1, 0.15) is 23.7 Å². The van der Waals surface area contributed by atoms with Gasteiger partial charge in [0.05, 0.1) is 29.3 Å². The van der Waals surface area contributed by atoms with Crippen LogP contribution in [-0.4, -0.2) is 45.8 Å². The van der Waals surface area contributed by atoms with E-state index in [1.165, 1.54) is 25.1 Å². The maximum atomic E-state index is 13.1. The molecule has 0 saturated heterocycles. The fourth-order valence-electron chi connectivity index (χ4n) is 3.26. The SMILES string of the molecule is CC1C(=O)NC2=CC(=O)C=C(C2=O)C(Nc2ccccc2C(=O)O)CC=CC=CC1O. The van der Waals surface area contributed by atoms with Gasteiger partial charge in [0.25, 0.3) is 0 Å². The van der Waals surface area contributed by atoms with Gasteiger partial charge in [-0.05, 0) is 24.6 Å². The van der Waals surface area contributed by atoms with Crippen molar-refractivity contribution in [2.75, 3.05) is 5.32 Å². The van der Waals surface area contributed by atoms with Gasteiger partial charge in [-0.15, -0.1) is 0 Å². The van der Waals surface area contributed by atoms with Gasteiger partial charge in [-0.25, -0.2) is 4.79 Å². The van der Waals surface area contributed by atoms with Crippen LogP contribution in [0.2, 0.25) is 0 Å². The summed E-state index contributed by atoms with van der Waals surface area (Å²) < 4.78 is 0. The number of ketones is 2. The number of allylic oxidation sites excluding steroid dienone is 5. The van der Waals surface area contributed by atoms with Gasteiger partial charge in [-0.1, -0.05) is 43.4 Å². The van der Waals surface area contributed by atoms with Crippen molar-refractivity contribution in [3.63, 3.8) is 0 Å². The van der Waals surface area contributed by atoms with Crippen LogP contribution in [0.4, 0.5) is 5.69 Å². The normalized spacial score (nSPS) is 24.2. The van der Waals surface area contributed by atoms with Crippen LogP contribution in [-0.2, 0) is 14.4 Å². The highest BCUT2D eigenvalue weighted by Gasteiger charge is 2.31. The molecule has 0 saturated carbocycles. The van der Waals surface area contributed by atoms with Crippen molar-refractivity contribution in [2.24, 2.45) is 5.92 Å². The van der Waals surface area contributed by atoms with E-state index < -0.39 is 41.5 Å². The van der Waals surface area contributed by atoms with E-state index in [4.69, 9.17) is 0 Å². The zero-order chi connectivity index (χ0) is 22.5. The van der Waals surface area contributed by atoms with E-state index >= 15 is 0 Å². The number of carbonyl (C=O) groups is 4. The van der Waals surface area contributed by atoms with E-state index in [9.17, 15) is 29.4 Å². The number of amides is 1. The number of hydrogen-bond donors (Lipinski definition) is 4. The van der Waals surface area contributed by atoms with E-state index in [1.54, 1.807) is 36.4 Å². The minimum absolute atomic E-state index is 0.0190. The molecule has 1 aliphatic heterocycles. The van der Waals surface area contributed by atoms with Gasteiger partial charge < -0.3 is 20.8 Å². The van der Waals surface area contributed by atoms with E-state index in [-0.39, 0.29) is 23.3 Å². The summed E-state index contributed by atoms with van der Waals surface area (Å²) in [7, 11) is 0. The number of aromatic carboxylic acids is 1. The second-order valence-corrected chi connectivity index (χ2v) is 7.25. The Bertz CT molecular complexity index is 1050. The second kappa shape index (κ2) is 9.36. The molecule has 0 aromatic heterocycles. The molecule has 1 aromatic carbocycles. The Labute approximate surface area is 178 Å². The van der Waals surface area contributed by atoms with Crippen molar-refractivity contribution in [1.29, 1.82) is 0 Å². The average Bonchev–Trinajstić information content (AvgIpc) is 2.74. The monoisotopic (exact) mass is 422 g/mol. The number of aliphatic hydroxyl groups is 1. The minimum Gasteiger partial charge on any atom is -0.478 e. The molecule has 3 unspecified atom stereocenters. The molecule has 2 bridgehead atoms. The van der Waals surface area contributed by atoms with Gasteiger partial charge in [-0.2, -0.15) is 0 Å². The molecule has 8 nitrogen and oxygen atoms in total. The molecule has 8 heteroatoms. The number of Topliss-reactive ketones (excluding diaryl/α,β-unsaturated/α-hetero) is 1. The molecule has 0 spiro atoms. The van der Waals surface area contributed by atoms with Gasteiger partial charge in [-0.3, -0.25) is 14.4 Å². The standard InChI is InChI=1S/C23H22N2O6/c1-13-20(27)10-4-2-3-8-18(24-17-9-6-5-7-15(17)23(30)31)16-11-14(26)12-19(21(16)28)25-22(13)29/h2-7,9-13,18,20,24,27H,8H2,1H3,(H,25,29)(H,30,31). The fourth-order valence-corrected chi connectivity index (χ4v) is 3.26. The Balaban J connectivity index is 2.01. The number of carboxylic acid groups (broad SMARTS) is 1. The second-order valence-electron chi connectivity index (χ2n) is 7.25. The molecule has 31 heavy (non-hydrogen) atoms. The topological polar surface area (TPSA) is 133 Å². The van der Waals surface area contributed by atoms with E-state index in [0.29, 0.717) is 5.69 Å². The summed E-state index contributed by atoms with van der Waals surface area (Å²) in [5.74, 6) is -3.62. The molecule has 0 fully saturated rings. The zero-order valence-corrected chi connectivity index (χ0v) is 16.7. The van der Waals surface area contributed by atoms with Crippen molar-refractivity contribution in [1.82, 2.24) is 5.32 Å². The first-order valence-electron chi connectivity index (χ1n) is 9.71. The summed E-state index contributed by atoms with van der Waals surface area (Å²) in [6, 6.07) is 5.51. The first-order chi connectivity index (χ1) is 14.8. The van der Waals surface area contributed by atoms with Crippen LogP contribution in [0.5, 0.6) is 0 Å². The third-order valence-corrected chi connectivity index (χ3v) is 5.06. The maximum absolute atomic E-state index is 13.1. The largest absolute Gasteiger partial charge is 0.478 e. The number of para-hydroxylation sites is 1. The van der Waals surface area contributed by atoms with Crippen LogP contribution in [0.3, 0.4) is 0 Å². The Kier molecular flexibility index (Phi) is 6.61. The highest BCUT2D eigenvalue weighted by molar-refractivity contribution is 6.21. The number of nitrogens with one attached hydrogen (secondary N) is 2. The van der Waals surface area contributed by atoms with Gasteiger partial charge in [0.2, 0.25) is 11.7 Å². The number of aliphatic hydroxyl groups excluding tert-OH is 1. The summed E-state index contributed by atoms with van der Waals surface area (Å²) in [5, 5.41) is 25.1. The highest BCUT2D eigenvalue weighted by Crippen LogP contribution is 2.24. The van der Waals surface area contributed by atoms with Gasteiger partial charge in [0.15, 0.2) is 5.78 Å². The molecule has 4 N–H and O–H groups in total. The number of benzene rings is 1. The molecular weight excluding hydrogens is 400 g/mol. The minimum atomic E-state index is -1.14. The van der Waals surface area contributed by atoms with Gasteiger partial charge >= 0.3 is 5.97 Å². The van der Waals surface area contributed by atoms with E-state index in [0.717, 1.165) is 6.08 Å². The number of rotatable bonds is 3. The molecule has 1 aliphatic carbocycles. The summed E-state index contributed by atoms with van der Waals surface area (Å²) in [6.45, 7) is 1.51. The van der Waals surface area contributed by atoms with Crippen LogP contribution in [0.25, 0.3) is 0 Å². The first kappa shape index (κ1) is 21.9. The fraction of sp³-hybridized carbons (Fsp3) is 0.217. The van der Waals surface area contributed by atoms with Crippen molar-refractivity contribution in [2.45, 2.75) is 25.5 Å². The first-order valence-corrected chi connectivity index (χ1v) is 9.71. The Morgan fingerprint density at radius 3 is 2.61 bits per heavy atom. The smallest absolute Gasteiger partial charge is 0.337 e. The predicted octanol–water partition coefficient (Wildman–Crippen LogP) is 1.76. The number of hydrogen-bond acceptors (Lipinski definition) is 6. The van der Waals surface area contributed by atoms with Crippen molar-refractivity contribution in [3.05, 3.63) is 77.6 Å². The third kappa shape index (κ3) is 5.04. The lowest BCUT2D eigenvalue weighted by Gasteiger charge is -2.25. The number of carbonyl (C=O) groups excluding carboxylic acids is 3. The molecule has 3 atom stereocenters. The van der Waals surface area contributed by atoms with Gasteiger partial charge in [0, 0.05) is 17.3 Å². The Morgan fingerprint density at radius 1 is 1.13 bits per heavy atom. The van der Waals surface area contributed by atoms with E-state index in [2.05, 4.69) is 10.6 Å². The molecular formula is C23H22N2O6. The lowest BCUT2D eigenvalue weighted by Crippen LogP contribution is -2.40. The maximum Gasteiger partial charge on any atom is 0.337 e. The van der Waals surface area contributed by atoms with Crippen LogP contribution in [0, 0.1) is 5.92 Å². The van der Waals surface area contributed by atoms with Crippen LogP contribution in [0.15, 0.2) is 72.0 Å². The number of anilines is 1. The zero-order valence-electron chi connectivity index (χ0n) is 16.7. The molecule has 1 aromatic rings. The molecule has 1 heterocycles. The molecule has 2 aliphatic rings. The molecule has 1 amide bonds. The summed E-state index contributed by atoms with van der Waals surface area (Å²) in [5.41, 5.74) is 0.227. The molecule has 0 radical (unpaired) electrons. The molecule has 160 valence electrons. The average molecular weight is 422 g/mol. The van der Waals surface area contributed by atoms with Crippen LogP contribution < -0.4 is 10.6 Å². The highest BCUT2D eigenvalue weighted by atomic mass is 16.4. The molecule has 3 rings (SSSR count). The lowest BCUT2D eigenvalue weighted by molar-refractivity contribution is -0.127. The van der Waals surface area contributed by atoms with Crippen molar-refractivity contribution >= 4 is 29.1 Å². The quantitative estimate of drug-likeness (QED) is 0.546. The van der Waals surface area contributed by atoms with Gasteiger partial charge in [0.1, 0.15) is 0 Å². The van der Waals surface area contributed by atoms with E-state index in [1.807, 2.05) is 0 Å². The summed E-state index contributed by atoms with van der Waals surface area (Å²) in [6.07, 6.45) is 7.79. The lowest BCUT2D eigenvalue weighted by atomic mass is 9.91. The number of fused-ring (bicyclic) bond motifs is 2. The predicted molar refractivity (Wildman–Crippen MR) is 113 cm³/mol. The van der Waals surface area contributed by atoms with Crippen LogP contribution >= 0.6 is 0 Å². The summed E-state index contributed by atoms with van der Waals surface area (Å²) in [4.78, 5) is 49.3. The number of carboxylic acids is 1. The summed E-state index contributed by atoms with van der Waals surface area (Å²) >= 11 is 0. The Morgan fingerprint density at radius 2 is 1.87 bits per heavy atom.